The van der Waals surface area contributed by atoms with Gasteiger partial charge in [0, 0.05) is 18.8 Å². The molecule has 2 unspecified atom stereocenters. The Morgan fingerprint density at radius 1 is 1.21 bits per heavy atom. The first-order valence-electron chi connectivity index (χ1n) is 6.30. The van der Waals surface area contributed by atoms with Crippen LogP contribution in [0.25, 0.3) is 0 Å². The van der Waals surface area contributed by atoms with Crippen LogP contribution in [0.1, 0.15) is 19.4 Å². The van der Waals surface area contributed by atoms with Gasteiger partial charge in [0.05, 0.1) is 12.3 Å². The van der Waals surface area contributed by atoms with Crippen molar-refractivity contribution < 1.29 is 9.59 Å². The van der Waals surface area contributed by atoms with Crippen molar-refractivity contribution in [2.75, 3.05) is 12.4 Å². The molecule has 5 heteroatoms. The average molecular weight is 263 g/mol. The Balaban J connectivity index is 2.62. The lowest BCUT2D eigenvalue weighted by Gasteiger charge is -2.15. The van der Waals surface area contributed by atoms with Gasteiger partial charge in [-0.15, -0.1) is 0 Å². The van der Waals surface area contributed by atoms with Crippen molar-refractivity contribution in [3.63, 3.8) is 0 Å². The Bertz CT molecular complexity index is 441. The molecule has 0 radical (unpaired) electrons. The van der Waals surface area contributed by atoms with Gasteiger partial charge in [0.1, 0.15) is 0 Å². The molecule has 2 amide bonds. The number of carbonyl (C=O) groups is 2. The van der Waals surface area contributed by atoms with Crippen LogP contribution in [0.5, 0.6) is 0 Å². The highest BCUT2D eigenvalue weighted by Crippen LogP contribution is 2.12. The summed E-state index contributed by atoms with van der Waals surface area (Å²) in [4.78, 5) is 23.0. The van der Waals surface area contributed by atoms with Gasteiger partial charge in [-0.25, -0.2) is 0 Å². The van der Waals surface area contributed by atoms with Gasteiger partial charge in [-0.3, -0.25) is 9.59 Å². The summed E-state index contributed by atoms with van der Waals surface area (Å²) < 4.78 is 0. The van der Waals surface area contributed by atoms with Gasteiger partial charge in [-0.2, -0.15) is 0 Å². The van der Waals surface area contributed by atoms with E-state index in [-0.39, 0.29) is 23.8 Å². The highest BCUT2D eigenvalue weighted by atomic mass is 16.2. The zero-order valence-electron chi connectivity index (χ0n) is 11.6. The van der Waals surface area contributed by atoms with Crippen LogP contribution in [0.15, 0.2) is 24.3 Å². The van der Waals surface area contributed by atoms with E-state index in [2.05, 4.69) is 10.6 Å². The van der Waals surface area contributed by atoms with Gasteiger partial charge in [0.25, 0.3) is 0 Å². The van der Waals surface area contributed by atoms with E-state index in [0.717, 1.165) is 5.56 Å². The van der Waals surface area contributed by atoms with E-state index in [4.69, 9.17) is 5.73 Å². The summed E-state index contributed by atoms with van der Waals surface area (Å²) in [6, 6.07) is 7.02. The van der Waals surface area contributed by atoms with Crippen LogP contribution in [-0.2, 0) is 16.0 Å². The smallest absolute Gasteiger partial charge is 0.228 e. The first-order chi connectivity index (χ1) is 8.93. The van der Waals surface area contributed by atoms with Gasteiger partial charge in [0.2, 0.25) is 11.8 Å². The van der Waals surface area contributed by atoms with Crippen LogP contribution >= 0.6 is 0 Å². The maximum Gasteiger partial charge on any atom is 0.228 e. The first-order valence-corrected chi connectivity index (χ1v) is 6.30. The summed E-state index contributed by atoms with van der Waals surface area (Å²) >= 11 is 0. The molecule has 19 heavy (non-hydrogen) atoms. The number of anilines is 1. The summed E-state index contributed by atoms with van der Waals surface area (Å²) in [6.07, 6.45) is 0.334. The quantitative estimate of drug-likeness (QED) is 0.738. The van der Waals surface area contributed by atoms with E-state index >= 15 is 0 Å². The summed E-state index contributed by atoms with van der Waals surface area (Å²) in [5.74, 6) is -0.387. The summed E-state index contributed by atoms with van der Waals surface area (Å²) in [5, 5.41) is 5.36. The summed E-state index contributed by atoms with van der Waals surface area (Å²) in [5.41, 5.74) is 7.29. The lowest BCUT2D eigenvalue weighted by molar-refractivity contribution is -0.120. The largest absolute Gasteiger partial charge is 0.359 e. The lowest BCUT2D eigenvalue weighted by Crippen LogP contribution is -2.34. The monoisotopic (exact) mass is 263 g/mol. The van der Waals surface area contributed by atoms with E-state index < -0.39 is 0 Å². The molecule has 0 aliphatic heterocycles. The van der Waals surface area contributed by atoms with Crippen molar-refractivity contribution in [3.05, 3.63) is 29.8 Å². The van der Waals surface area contributed by atoms with E-state index in [1.54, 1.807) is 33.0 Å². The van der Waals surface area contributed by atoms with E-state index in [0.29, 0.717) is 12.1 Å². The number of nitrogens with one attached hydrogen (secondary N) is 2. The Morgan fingerprint density at radius 2 is 1.79 bits per heavy atom. The molecular formula is C14H21N3O2. The molecular weight excluding hydrogens is 242 g/mol. The molecule has 0 fully saturated rings. The van der Waals surface area contributed by atoms with Crippen molar-refractivity contribution in [1.82, 2.24) is 5.32 Å². The second-order valence-electron chi connectivity index (χ2n) is 4.68. The number of hydrogen-bond acceptors (Lipinski definition) is 3. The van der Waals surface area contributed by atoms with Crippen molar-refractivity contribution in [1.29, 1.82) is 0 Å². The number of carbonyl (C=O) groups excluding carboxylic acids is 2. The molecule has 1 aromatic carbocycles. The molecule has 0 bridgehead atoms. The molecule has 0 heterocycles. The molecule has 0 aliphatic carbocycles. The van der Waals surface area contributed by atoms with Gasteiger partial charge in [-0.05, 0) is 24.6 Å². The van der Waals surface area contributed by atoms with Gasteiger partial charge < -0.3 is 16.4 Å². The number of nitrogens with two attached hydrogens (primary N) is 1. The number of rotatable bonds is 5. The van der Waals surface area contributed by atoms with Gasteiger partial charge in [-0.1, -0.05) is 19.1 Å². The Labute approximate surface area is 113 Å². The van der Waals surface area contributed by atoms with E-state index in [1.807, 2.05) is 12.1 Å². The highest BCUT2D eigenvalue weighted by molar-refractivity contribution is 5.92. The predicted octanol–water partition coefficient (Wildman–Crippen LogP) is 0.897. The fraction of sp³-hybridized carbons (Fsp3) is 0.429. The Kier molecular flexibility index (Phi) is 5.51. The number of likely N-dealkylation sites (N-methyl/N-ethyl adjacent to an activating group) is 1. The van der Waals surface area contributed by atoms with Crippen molar-refractivity contribution in [2.45, 2.75) is 26.3 Å². The minimum Gasteiger partial charge on any atom is -0.359 e. The molecule has 1 aromatic rings. The van der Waals surface area contributed by atoms with Crippen molar-refractivity contribution >= 4 is 17.5 Å². The zero-order valence-corrected chi connectivity index (χ0v) is 11.6. The third-order valence-electron chi connectivity index (χ3n) is 3.07. The first kappa shape index (κ1) is 15.2. The van der Waals surface area contributed by atoms with Crippen LogP contribution in [-0.4, -0.2) is 24.9 Å². The molecule has 1 rings (SSSR count). The fourth-order valence-corrected chi connectivity index (χ4v) is 1.47. The van der Waals surface area contributed by atoms with Crippen molar-refractivity contribution in [2.24, 2.45) is 11.7 Å². The zero-order chi connectivity index (χ0) is 14.4. The molecule has 5 nitrogen and oxygen atoms in total. The van der Waals surface area contributed by atoms with E-state index in [9.17, 15) is 9.59 Å². The molecule has 0 aliphatic rings. The van der Waals surface area contributed by atoms with E-state index in [1.165, 1.54) is 0 Å². The molecule has 4 N–H and O–H groups in total. The van der Waals surface area contributed by atoms with Crippen LogP contribution in [0.3, 0.4) is 0 Å². The summed E-state index contributed by atoms with van der Waals surface area (Å²) in [7, 11) is 1.60. The Hall–Kier alpha value is -1.88. The van der Waals surface area contributed by atoms with Gasteiger partial charge >= 0.3 is 0 Å². The predicted molar refractivity (Wildman–Crippen MR) is 75.7 cm³/mol. The normalized spacial score (nSPS) is 13.5. The molecule has 104 valence electrons. The van der Waals surface area contributed by atoms with Crippen molar-refractivity contribution in [3.8, 4) is 0 Å². The minimum absolute atomic E-state index is 0.0395. The average Bonchev–Trinajstić information content (AvgIpc) is 2.39. The van der Waals surface area contributed by atoms with Crippen LogP contribution in [0.4, 0.5) is 5.69 Å². The standard InChI is InChI=1S/C14H21N3O2/c1-9(10(2)15)14(19)17-12-6-4-11(5-7-12)8-13(18)16-3/h4-7,9-10H,8,15H2,1-3H3,(H,16,18)(H,17,19). The minimum atomic E-state index is -0.245. The number of hydrogen-bond donors (Lipinski definition) is 3. The fourth-order valence-electron chi connectivity index (χ4n) is 1.47. The molecule has 2 atom stereocenters. The second-order valence-corrected chi connectivity index (χ2v) is 4.68. The van der Waals surface area contributed by atoms with Crippen LogP contribution in [0.2, 0.25) is 0 Å². The highest BCUT2D eigenvalue weighted by Gasteiger charge is 2.16. The Morgan fingerprint density at radius 3 is 2.26 bits per heavy atom. The van der Waals surface area contributed by atoms with Crippen LogP contribution < -0.4 is 16.4 Å². The second kappa shape index (κ2) is 6.89. The topological polar surface area (TPSA) is 84.2 Å². The summed E-state index contributed by atoms with van der Waals surface area (Å²) in [6.45, 7) is 3.59. The molecule has 0 saturated carbocycles. The maximum absolute atomic E-state index is 11.8. The molecule has 0 saturated heterocycles. The number of benzene rings is 1. The van der Waals surface area contributed by atoms with Crippen LogP contribution in [0, 0.1) is 5.92 Å². The lowest BCUT2D eigenvalue weighted by atomic mass is 10.0. The van der Waals surface area contributed by atoms with Gasteiger partial charge in [0.15, 0.2) is 0 Å². The third-order valence-corrected chi connectivity index (χ3v) is 3.07. The SMILES string of the molecule is CNC(=O)Cc1ccc(NC(=O)C(C)C(C)N)cc1. The third kappa shape index (κ3) is 4.71. The molecule has 0 aromatic heterocycles. The maximum atomic E-state index is 11.8. The number of amides is 2. The molecule has 0 spiro atoms.